The summed E-state index contributed by atoms with van der Waals surface area (Å²) >= 11 is 0. The van der Waals surface area contributed by atoms with Gasteiger partial charge < -0.3 is 14.2 Å². The minimum absolute atomic E-state index is 0.0541. The zero-order valence-corrected chi connectivity index (χ0v) is 16.9. The predicted octanol–water partition coefficient (Wildman–Crippen LogP) is 2.82. The van der Waals surface area contributed by atoms with Crippen molar-refractivity contribution in [1.29, 1.82) is 0 Å². The molecule has 9 rings (SSSR count). The van der Waals surface area contributed by atoms with Gasteiger partial charge >= 0.3 is 5.97 Å². The zero-order valence-electron chi connectivity index (χ0n) is 16.9. The number of fused-ring (bicyclic) bond motifs is 2. The molecule has 8 saturated carbocycles. The Balaban J connectivity index is 0.914. The first-order chi connectivity index (χ1) is 14.1. The van der Waals surface area contributed by atoms with Crippen LogP contribution in [0.5, 0.6) is 0 Å². The summed E-state index contributed by atoms with van der Waals surface area (Å²) in [6, 6.07) is 0. The summed E-state index contributed by atoms with van der Waals surface area (Å²) in [5, 5.41) is 0. The number of ketones is 1. The highest BCUT2D eigenvalue weighted by Crippen LogP contribution is 2.77. The Labute approximate surface area is 171 Å². The second kappa shape index (κ2) is 5.09. The van der Waals surface area contributed by atoms with E-state index in [1.807, 2.05) is 0 Å². The number of ether oxygens (including phenoxy) is 3. The van der Waals surface area contributed by atoms with Crippen LogP contribution >= 0.6 is 0 Å². The Bertz CT molecular complexity index is 786. The quantitative estimate of drug-likeness (QED) is 0.684. The van der Waals surface area contributed by atoms with E-state index in [9.17, 15) is 9.59 Å². The fourth-order valence-corrected chi connectivity index (χ4v) is 10.3. The Morgan fingerprint density at radius 1 is 0.931 bits per heavy atom. The number of hydrogen-bond acceptors (Lipinski definition) is 5. The van der Waals surface area contributed by atoms with Crippen molar-refractivity contribution in [3.63, 3.8) is 0 Å². The number of carbonyl (C=O) groups is 2. The molecule has 10 unspecified atom stereocenters. The Kier molecular flexibility index (Phi) is 2.94. The molecular weight excluding hydrogens is 368 g/mol. The number of rotatable bonds is 3. The lowest BCUT2D eigenvalue weighted by atomic mass is 9.65. The molecule has 8 aliphatic carbocycles. The minimum Gasteiger partial charge on any atom is -0.465 e. The van der Waals surface area contributed by atoms with Crippen LogP contribution in [0.3, 0.4) is 0 Å². The van der Waals surface area contributed by atoms with Gasteiger partial charge in [-0.2, -0.15) is 0 Å². The average molecular weight is 398 g/mol. The summed E-state index contributed by atoms with van der Waals surface area (Å²) in [7, 11) is 0. The molecule has 1 spiro atoms. The van der Waals surface area contributed by atoms with Gasteiger partial charge in [0.2, 0.25) is 0 Å². The molecule has 29 heavy (non-hydrogen) atoms. The van der Waals surface area contributed by atoms with Crippen LogP contribution < -0.4 is 0 Å². The molecule has 5 heteroatoms. The molecule has 0 N–H and O–H groups in total. The first kappa shape index (κ1) is 16.7. The van der Waals surface area contributed by atoms with Crippen molar-refractivity contribution in [3.8, 4) is 0 Å². The molecule has 1 heterocycles. The maximum absolute atomic E-state index is 13.0. The molecule has 156 valence electrons. The standard InChI is InChI=1S/C24H30O5/c25-21-15-2-14-5-23(6-15,7-16(14)21)22(26)27-8-11-9-28-24(29-10-11)17-3-12-1-13-4-18(24)19(12)20(13)17/h11-20H,1-10H2. The van der Waals surface area contributed by atoms with Crippen LogP contribution in [0.2, 0.25) is 0 Å². The van der Waals surface area contributed by atoms with Crippen molar-refractivity contribution in [2.24, 2.45) is 64.6 Å². The van der Waals surface area contributed by atoms with Gasteiger partial charge in [-0.05, 0) is 74.5 Å². The van der Waals surface area contributed by atoms with Crippen molar-refractivity contribution < 1.29 is 23.8 Å². The maximum Gasteiger partial charge on any atom is 0.312 e. The Morgan fingerprint density at radius 3 is 2.31 bits per heavy atom. The predicted molar refractivity (Wildman–Crippen MR) is 100 cm³/mol. The zero-order chi connectivity index (χ0) is 19.1. The first-order valence-corrected chi connectivity index (χ1v) is 12.1. The maximum atomic E-state index is 13.0. The molecule has 0 aromatic carbocycles. The summed E-state index contributed by atoms with van der Waals surface area (Å²) in [4.78, 5) is 25.2. The van der Waals surface area contributed by atoms with Crippen LogP contribution in [0.1, 0.15) is 44.9 Å². The summed E-state index contributed by atoms with van der Waals surface area (Å²) in [6.45, 7) is 1.72. The number of carbonyl (C=O) groups excluding carboxylic acids is 2. The van der Waals surface area contributed by atoms with Gasteiger partial charge in [0.25, 0.3) is 0 Å². The molecule has 9 aliphatic rings. The van der Waals surface area contributed by atoms with E-state index in [0.29, 0.717) is 43.4 Å². The fourth-order valence-electron chi connectivity index (χ4n) is 10.3. The number of Topliss-reactive ketones (excluding diaryl/α,β-unsaturated/α-hetero) is 1. The molecule has 1 aliphatic heterocycles. The Hall–Kier alpha value is -0.940. The smallest absolute Gasteiger partial charge is 0.312 e. The number of hydrogen-bond donors (Lipinski definition) is 0. The second-order valence-corrected chi connectivity index (χ2v) is 12.0. The van der Waals surface area contributed by atoms with Crippen LogP contribution in [0.4, 0.5) is 0 Å². The topological polar surface area (TPSA) is 61.8 Å². The normalized spacial score (nSPS) is 62.3. The van der Waals surface area contributed by atoms with Gasteiger partial charge in [0.05, 0.1) is 25.2 Å². The molecule has 9 fully saturated rings. The van der Waals surface area contributed by atoms with Crippen LogP contribution in [0.25, 0.3) is 0 Å². The molecule has 10 atom stereocenters. The summed E-state index contributed by atoms with van der Waals surface area (Å²) in [6.07, 6.45) is 7.44. The summed E-state index contributed by atoms with van der Waals surface area (Å²) in [5.41, 5.74) is -0.367. The van der Waals surface area contributed by atoms with Crippen LogP contribution in [0.15, 0.2) is 0 Å². The third-order valence-electron chi connectivity index (χ3n) is 11.0. The van der Waals surface area contributed by atoms with Crippen LogP contribution in [0, 0.1) is 64.6 Å². The van der Waals surface area contributed by atoms with Crippen molar-refractivity contribution in [2.75, 3.05) is 19.8 Å². The van der Waals surface area contributed by atoms with Crippen molar-refractivity contribution in [2.45, 2.75) is 50.7 Å². The van der Waals surface area contributed by atoms with Gasteiger partial charge in [-0.15, -0.1) is 0 Å². The fraction of sp³-hybridized carbons (Fsp3) is 0.917. The van der Waals surface area contributed by atoms with Crippen LogP contribution in [-0.2, 0) is 23.8 Å². The lowest BCUT2D eigenvalue weighted by Gasteiger charge is -2.53. The van der Waals surface area contributed by atoms with Crippen LogP contribution in [-0.4, -0.2) is 37.4 Å². The SMILES string of the molecule is O=C1C2CC3CC(C(=O)OCC4COC5(OC4)C4CC6CC7CC5C6C74)(C2)CC13. The van der Waals surface area contributed by atoms with E-state index < -0.39 is 0 Å². The largest absolute Gasteiger partial charge is 0.465 e. The van der Waals surface area contributed by atoms with Crippen molar-refractivity contribution in [1.82, 2.24) is 0 Å². The monoisotopic (exact) mass is 398 g/mol. The average Bonchev–Trinajstić information content (AvgIpc) is 3.53. The van der Waals surface area contributed by atoms with E-state index in [2.05, 4.69) is 0 Å². The van der Waals surface area contributed by atoms with E-state index in [-0.39, 0.29) is 34.9 Å². The third kappa shape index (κ3) is 1.80. The highest BCUT2D eigenvalue weighted by atomic mass is 16.7. The van der Waals surface area contributed by atoms with Crippen molar-refractivity contribution in [3.05, 3.63) is 0 Å². The van der Waals surface area contributed by atoms with E-state index in [1.54, 1.807) is 0 Å². The number of esters is 1. The molecule has 5 nitrogen and oxygen atoms in total. The molecule has 0 radical (unpaired) electrons. The minimum atomic E-state index is -0.367. The van der Waals surface area contributed by atoms with E-state index in [0.717, 1.165) is 49.4 Å². The molecule has 0 amide bonds. The first-order valence-electron chi connectivity index (χ1n) is 12.1. The van der Waals surface area contributed by atoms with Gasteiger partial charge in [-0.1, -0.05) is 0 Å². The molecule has 1 saturated heterocycles. The van der Waals surface area contributed by atoms with Gasteiger partial charge in [-0.25, -0.2) is 0 Å². The lowest BCUT2D eigenvalue weighted by molar-refractivity contribution is -0.346. The van der Waals surface area contributed by atoms with E-state index in [1.165, 1.54) is 19.3 Å². The highest BCUT2D eigenvalue weighted by molar-refractivity contribution is 5.91. The summed E-state index contributed by atoms with van der Waals surface area (Å²) in [5.74, 6) is 5.81. The van der Waals surface area contributed by atoms with Gasteiger partial charge in [0.1, 0.15) is 5.78 Å². The summed E-state index contributed by atoms with van der Waals surface area (Å²) < 4.78 is 18.8. The molecule has 0 aromatic rings. The third-order valence-corrected chi connectivity index (χ3v) is 11.0. The highest BCUT2D eigenvalue weighted by Gasteiger charge is 2.77. The van der Waals surface area contributed by atoms with Gasteiger partial charge in [0.15, 0.2) is 5.79 Å². The van der Waals surface area contributed by atoms with Crippen molar-refractivity contribution >= 4 is 11.8 Å². The molecule has 0 aromatic heterocycles. The van der Waals surface area contributed by atoms with Gasteiger partial charge in [0, 0.05) is 29.6 Å². The molecular formula is C24H30O5. The Morgan fingerprint density at radius 2 is 1.66 bits per heavy atom. The lowest BCUT2D eigenvalue weighted by Crippen LogP contribution is -2.58. The van der Waals surface area contributed by atoms with Gasteiger partial charge in [-0.3, -0.25) is 9.59 Å². The van der Waals surface area contributed by atoms with E-state index >= 15 is 0 Å². The van der Waals surface area contributed by atoms with E-state index in [4.69, 9.17) is 14.2 Å². The molecule has 10 bridgehead atoms. The second-order valence-electron chi connectivity index (χ2n) is 12.0.